The van der Waals surface area contributed by atoms with Crippen LogP contribution in [0.4, 0.5) is 0 Å². The molecule has 0 spiro atoms. The standard InChI is InChI=1S/C18H15BrN4O/c1-12-16(14-7-3-2-4-8-14)21-22-17(12)18(24)23-20-11-13-6-5-9-15(19)10-13/h2-11H,1H3,(H,21,22)(H,23,24)/b20-11-. The lowest BCUT2D eigenvalue weighted by Gasteiger charge is -2.00. The van der Waals surface area contributed by atoms with Crippen LogP contribution in [0.15, 0.2) is 64.2 Å². The Balaban J connectivity index is 1.73. The Morgan fingerprint density at radius 1 is 1.21 bits per heavy atom. The molecule has 0 saturated heterocycles. The number of carbonyl (C=O) groups excluding carboxylic acids is 1. The molecule has 2 N–H and O–H groups in total. The maximum atomic E-state index is 12.3. The minimum Gasteiger partial charge on any atom is -0.272 e. The Labute approximate surface area is 147 Å². The molecule has 0 fully saturated rings. The molecular weight excluding hydrogens is 368 g/mol. The summed E-state index contributed by atoms with van der Waals surface area (Å²) in [5, 5.41) is 11.0. The number of hydrogen-bond donors (Lipinski definition) is 2. The molecule has 1 amide bonds. The van der Waals surface area contributed by atoms with Gasteiger partial charge in [-0.15, -0.1) is 0 Å². The summed E-state index contributed by atoms with van der Waals surface area (Å²) < 4.78 is 0.953. The molecule has 3 rings (SSSR count). The highest BCUT2D eigenvalue weighted by Crippen LogP contribution is 2.22. The molecule has 120 valence electrons. The van der Waals surface area contributed by atoms with Gasteiger partial charge in [0.2, 0.25) is 0 Å². The zero-order chi connectivity index (χ0) is 16.9. The Kier molecular flexibility index (Phi) is 4.86. The Hall–Kier alpha value is -2.73. The SMILES string of the molecule is Cc1c(-c2ccccc2)n[nH]c1C(=O)N/N=C\c1cccc(Br)c1. The Morgan fingerprint density at radius 3 is 2.75 bits per heavy atom. The molecule has 0 aliphatic carbocycles. The number of nitrogens with one attached hydrogen (secondary N) is 2. The number of hydrogen-bond acceptors (Lipinski definition) is 3. The highest BCUT2D eigenvalue weighted by molar-refractivity contribution is 9.10. The highest BCUT2D eigenvalue weighted by Gasteiger charge is 2.16. The smallest absolute Gasteiger partial charge is 0.272 e. The summed E-state index contributed by atoms with van der Waals surface area (Å²) in [6.45, 7) is 1.86. The number of hydrazone groups is 1. The third-order valence-electron chi connectivity index (χ3n) is 3.51. The zero-order valence-electron chi connectivity index (χ0n) is 13.0. The minimum absolute atomic E-state index is 0.326. The van der Waals surface area contributed by atoms with Gasteiger partial charge >= 0.3 is 0 Å². The highest BCUT2D eigenvalue weighted by atomic mass is 79.9. The van der Waals surface area contributed by atoms with Crippen LogP contribution in [0.25, 0.3) is 11.3 Å². The maximum absolute atomic E-state index is 12.3. The van der Waals surface area contributed by atoms with Crippen LogP contribution in [0, 0.1) is 6.92 Å². The van der Waals surface area contributed by atoms with Crippen molar-refractivity contribution in [3.8, 4) is 11.3 Å². The number of amides is 1. The second kappa shape index (κ2) is 7.23. The normalized spacial score (nSPS) is 10.9. The van der Waals surface area contributed by atoms with Crippen LogP contribution in [-0.4, -0.2) is 22.3 Å². The van der Waals surface area contributed by atoms with Gasteiger partial charge < -0.3 is 0 Å². The van der Waals surface area contributed by atoms with Crippen LogP contribution in [0.2, 0.25) is 0 Å². The fourth-order valence-corrected chi connectivity index (χ4v) is 2.72. The molecule has 3 aromatic rings. The minimum atomic E-state index is -0.326. The second-order valence-corrected chi connectivity index (χ2v) is 6.11. The fraction of sp³-hybridized carbons (Fsp3) is 0.0556. The van der Waals surface area contributed by atoms with Gasteiger partial charge in [-0.2, -0.15) is 10.2 Å². The summed E-state index contributed by atoms with van der Waals surface area (Å²) in [6.07, 6.45) is 1.59. The number of aromatic amines is 1. The first-order valence-corrected chi connectivity index (χ1v) is 8.14. The average Bonchev–Trinajstić information content (AvgIpc) is 2.97. The van der Waals surface area contributed by atoms with E-state index >= 15 is 0 Å². The van der Waals surface area contributed by atoms with E-state index in [0.717, 1.165) is 26.9 Å². The van der Waals surface area contributed by atoms with E-state index in [4.69, 9.17) is 0 Å². The van der Waals surface area contributed by atoms with Gasteiger partial charge in [-0.3, -0.25) is 9.89 Å². The molecular formula is C18H15BrN4O. The molecule has 1 heterocycles. The van der Waals surface area contributed by atoms with Crippen molar-refractivity contribution in [2.24, 2.45) is 5.10 Å². The lowest BCUT2D eigenvalue weighted by Crippen LogP contribution is -2.19. The van der Waals surface area contributed by atoms with Gasteiger partial charge in [0.25, 0.3) is 5.91 Å². The van der Waals surface area contributed by atoms with Crippen molar-refractivity contribution < 1.29 is 4.79 Å². The number of H-pyrrole nitrogens is 1. The number of aromatic nitrogens is 2. The van der Waals surface area contributed by atoms with Crippen molar-refractivity contribution in [1.82, 2.24) is 15.6 Å². The first kappa shape index (κ1) is 16.1. The molecule has 5 nitrogen and oxygen atoms in total. The first-order chi connectivity index (χ1) is 11.6. The summed E-state index contributed by atoms with van der Waals surface area (Å²) >= 11 is 3.39. The summed E-state index contributed by atoms with van der Waals surface area (Å²) in [7, 11) is 0. The molecule has 6 heteroatoms. The van der Waals surface area contributed by atoms with Gasteiger partial charge in [-0.05, 0) is 24.6 Å². The van der Waals surface area contributed by atoms with E-state index in [-0.39, 0.29) is 5.91 Å². The van der Waals surface area contributed by atoms with E-state index in [9.17, 15) is 4.79 Å². The fourth-order valence-electron chi connectivity index (χ4n) is 2.30. The summed E-state index contributed by atoms with van der Waals surface area (Å²) in [4.78, 5) is 12.3. The van der Waals surface area contributed by atoms with E-state index in [0.29, 0.717) is 5.69 Å². The van der Waals surface area contributed by atoms with Crippen molar-refractivity contribution in [2.75, 3.05) is 0 Å². The molecule has 0 aliphatic heterocycles. The number of halogens is 1. The van der Waals surface area contributed by atoms with E-state index in [1.165, 1.54) is 0 Å². The van der Waals surface area contributed by atoms with Crippen LogP contribution in [0.5, 0.6) is 0 Å². The molecule has 0 unspecified atom stereocenters. The molecule has 0 atom stereocenters. The molecule has 2 aromatic carbocycles. The van der Waals surface area contributed by atoms with Crippen molar-refractivity contribution in [3.63, 3.8) is 0 Å². The van der Waals surface area contributed by atoms with Crippen molar-refractivity contribution in [3.05, 3.63) is 75.9 Å². The van der Waals surface area contributed by atoms with Crippen LogP contribution in [0.3, 0.4) is 0 Å². The predicted molar refractivity (Wildman–Crippen MR) is 98.0 cm³/mol. The number of rotatable bonds is 4. The first-order valence-electron chi connectivity index (χ1n) is 7.34. The van der Waals surface area contributed by atoms with E-state index in [1.54, 1.807) is 6.21 Å². The van der Waals surface area contributed by atoms with Gasteiger partial charge in [0.1, 0.15) is 5.69 Å². The third kappa shape index (κ3) is 3.60. The van der Waals surface area contributed by atoms with E-state index < -0.39 is 0 Å². The summed E-state index contributed by atoms with van der Waals surface area (Å²) in [5.41, 5.74) is 6.31. The topological polar surface area (TPSA) is 70.1 Å². The number of carbonyl (C=O) groups is 1. The van der Waals surface area contributed by atoms with Crippen LogP contribution in [-0.2, 0) is 0 Å². The van der Waals surface area contributed by atoms with Crippen LogP contribution >= 0.6 is 15.9 Å². The number of benzene rings is 2. The van der Waals surface area contributed by atoms with E-state index in [1.807, 2.05) is 61.5 Å². The van der Waals surface area contributed by atoms with E-state index in [2.05, 4.69) is 36.7 Å². The Bertz CT molecular complexity index is 887. The lowest BCUT2D eigenvalue weighted by atomic mass is 10.1. The molecule has 0 saturated carbocycles. The second-order valence-electron chi connectivity index (χ2n) is 5.19. The monoisotopic (exact) mass is 382 g/mol. The third-order valence-corrected chi connectivity index (χ3v) is 4.01. The largest absolute Gasteiger partial charge is 0.289 e. The van der Waals surface area contributed by atoms with Crippen LogP contribution < -0.4 is 5.43 Å². The van der Waals surface area contributed by atoms with Gasteiger partial charge in [0.05, 0.1) is 11.9 Å². The van der Waals surface area contributed by atoms with Gasteiger partial charge in [-0.25, -0.2) is 5.43 Å². The quantitative estimate of drug-likeness (QED) is 0.530. The molecule has 1 aromatic heterocycles. The molecule has 0 bridgehead atoms. The van der Waals surface area contributed by atoms with Gasteiger partial charge in [0.15, 0.2) is 0 Å². The van der Waals surface area contributed by atoms with Gasteiger partial charge in [0, 0.05) is 15.6 Å². The number of nitrogens with zero attached hydrogens (tertiary/aromatic N) is 2. The maximum Gasteiger partial charge on any atom is 0.289 e. The average molecular weight is 383 g/mol. The van der Waals surface area contributed by atoms with Crippen molar-refractivity contribution >= 4 is 28.1 Å². The Morgan fingerprint density at radius 2 is 2.00 bits per heavy atom. The molecule has 0 radical (unpaired) electrons. The van der Waals surface area contributed by atoms with Gasteiger partial charge in [-0.1, -0.05) is 58.4 Å². The summed E-state index contributed by atoms with van der Waals surface area (Å²) in [5.74, 6) is -0.326. The van der Waals surface area contributed by atoms with Crippen molar-refractivity contribution in [2.45, 2.75) is 6.92 Å². The molecule has 0 aliphatic rings. The van der Waals surface area contributed by atoms with Crippen molar-refractivity contribution in [1.29, 1.82) is 0 Å². The summed E-state index contributed by atoms with van der Waals surface area (Å²) in [6, 6.07) is 17.4. The van der Waals surface area contributed by atoms with Crippen LogP contribution in [0.1, 0.15) is 21.6 Å². The molecule has 24 heavy (non-hydrogen) atoms. The zero-order valence-corrected chi connectivity index (χ0v) is 14.5. The lowest BCUT2D eigenvalue weighted by molar-refractivity contribution is 0.0949. The predicted octanol–water partition coefficient (Wildman–Crippen LogP) is 3.91.